The first kappa shape index (κ1) is 20.6. The highest BCUT2D eigenvalue weighted by atomic mass is 16.2. The summed E-state index contributed by atoms with van der Waals surface area (Å²) < 4.78 is 0. The molecule has 2 aromatic carbocycles. The van der Waals surface area contributed by atoms with E-state index in [1.165, 1.54) is 19.3 Å². The number of carbonyl (C=O) groups is 2. The molecule has 0 saturated carbocycles. The zero-order valence-electron chi connectivity index (χ0n) is 17.8. The summed E-state index contributed by atoms with van der Waals surface area (Å²) in [7, 11) is 0. The molecule has 2 amide bonds. The third kappa shape index (κ3) is 4.57. The molecule has 0 unspecified atom stereocenters. The van der Waals surface area contributed by atoms with Crippen LogP contribution in [0.4, 0.5) is 0 Å². The van der Waals surface area contributed by atoms with Gasteiger partial charge in [0.05, 0.1) is 6.04 Å². The maximum Gasteiger partial charge on any atom is 0.254 e. The predicted octanol–water partition coefficient (Wildman–Crippen LogP) is 3.72. The van der Waals surface area contributed by atoms with Gasteiger partial charge in [0, 0.05) is 38.7 Å². The van der Waals surface area contributed by atoms with Crippen molar-refractivity contribution in [2.75, 3.05) is 32.7 Å². The summed E-state index contributed by atoms with van der Waals surface area (Å²) in [5.74, 6) is 0.133. The van der Waals surface area contributed by atoms with Crippen LogP contribution in [-0.2, 0) is 11.3 Å². The Morgan fingerprint density at radius 3 is 2.30 bits per heavy atom. The van der Waals surface area contributed by atoms with Crippen LogP contribution < -0.4 is 0 Å². The smallest absolute Gasteiger partial charge is 0.254 e. The van der Waals surface area contributed by atoms with Gasteiger partial charge in [-0.3, -0.25) is 14.5 Å². The van der Waals surface area contributed by atoms with Crippen molar-refractivity contribution in [3.05, 3.63) is 71.3 Å². The fourth-order valence-electron chi connectivity index (χ4n) is 4.70. The number of piperazine rings is 1. The van der Waals surface area contributed by atoms with Gasteiger partial charge in [0.15, 0.2) is 0 Å². The highest BCUT2D eigenvalue weighted by molar-refractivity contribution is 5.96. The molecular formula is C25H31N3O2. The van der Waals surface area contributed by atoms with Crippen molar-refractivity contribution in [2.24, 2.45) is 0 Å². The molecule has 0 spiro atoms. The Bertz CT molecular complexity index is 877. The first-order valence-corrected chi connectivity index (χ1v) is 11.0. The Morgan fingerprint density at radius 1 is 0.867 bits per heavy atom. The second-order valence-electron chi connectivity index (χ2n) is 8.38. The molecule has 158 valence electrons. The standard InChI is InChI=1S/C25H31N3O2/c1-20(29)28-17-16-27(19-24(28)21-10-4-2-5-11-21)25(30)23-13-7-6-12-22(23)18-26-14-8-3-9-15-26/h2,4-7,10-13,24H,3,8-9,14-19H2,1H3/t24-/m1/s1. The Labute approximate surface area is 179 Å². The third-order valence-corrected chi connectivity index (χ3v) is 6.35. The average Bonchev–Trinajstić information content (AvgIpc) is 2.80. The molecule has 2 heterocycles. The van der Waals surface area contributed by atoms with Crippen LogP contribution in [0.2, 0.25) is 0 Å². The fourth-order valence-corrected chi connectivity index (χ4v) is 4.70. The monoisotopic (exact) mass is 405 g/mol. The molecule has 0 aliphatic carbocycles. The molecule has 0 radical (unpaired) electrons. The number of likely N-dealkylation sites (tertiary alicyclic amines) is 1. The molecule has 2 aliphatic rings. The minimum Gasteiger partial charge on any atom is -0.334 e. The molecule has 4 rings (SSSR count). The lowest BCUT2D eigenvalue weighted by Gasteiger charge is -2.41. The second-order valence-corrected chi connectivity index (χ2v) is 8.38. The summed E-state index contributed by atoms with van der Waals surface area (Å²) in [6, 6.07) is 17.9. The summed E-state index contributed by atoms with van der Waals surface area (Å²) in [6.07, 6.45) is 3.78. The van der Waals surface area contributed by atoms with Gasteiger partial charge in [0.25, 0.3) is 5.91 Å². The number of rotatable bonds is 4. The zero-order valence-corrected chi connectivity index (χ0v) is 17.8. The summed E-state index contributed by atoms with van der Waals surface area (Å²) in [5, 5.41) is 0. The van der Waals surface area contributed by atoms with E-state index in [1.54, 1.807) is 6.92 Å². The van der Waals surface area contributed by atoms with Crippen LogP contribution in [0, 0.1) is 0 Å². The third-order valence-electron chi connectivity index (χ3n) is 6.35. The summed E-state index contributed by atoms with van der Waals surface area (Å²) in [5.41, 5.74) is 2.98. The van der Waals surface area contributed by atoms with Crippen molar-refractivity contribution in [1.82, 2.24) is 14.7 Å². The molecule has 0 N–H and O–H groups in total. The van der Waals surface area contributed by atoms with Crippen LogP contribution >= 0.6 is 0 Å². The second kappa shape index (κ2) is 9.43. The van der Waals surface area contributed by atoms with Gasteiger partial charge >= 0.3 is 0 Å². The van der Waals surface area contributed by atoms with Gasteiger partial charge in [-0.05, 0) is 43.1 Å². The minimum atomic E-state index is -0.101. The number of nitrogens with zero attached hydrogens (tertiary/aromatic N) is 3. The molecule has 2 aliphatic heterocycles. The average molecular weight is 406 g/mol. The van der Waals surface area contributed by atoms with Gasteiger partial charge < -0.3 is 9.80 Å². The van der Waals surface area contributed by atoms with Gasteiger partial charge in [-0.2, -0.15) is 0 Å². The maximum atomic E-state index is 13.5. The minimum absolute atomic E-state index is 0.0569. The lowest BCUT2D eigenvalue weighted by atomic mass is 10.00. The Kier molecular flexibility index (Phi) is 6.48. The van der Waals surface area contributed by atoms with E-state index in [-0.39, 0.29) is 17.9 Å². The van der Waals surface area contributed by atoms with E-state index >= 15 is 0 Å². The van der Waals surface area contributed by atoms with Crippen molar-refractivity contribution >= 4 is 11.8 Å². The molecule has 30 heavy (non-hydrogen) atoms. The first-order valence-electron chi connectivity index (χ1n) is 11.0. The van der Waals surface area contributed by atoms with Crippen LogP contribution in [0.5, 0.6) is 0 Å². The van der Waals surface area contributed by atoms with Crippen molar-refractivity contribution in [3.63, 3.8) is 0 Å². The highest BCUT2D eigenvalue weighted by Crippen LogP contribution is 2.27. The molecule has 1 atom stereocenters. The van der Waals surface area contributed by atoms with Gasteiger partial charge in [-0.1, -0.05) is 55.0 Å². The number of benzene rings is 2. The largest absolute Gasteiger partial charge is 0.334 e. The summed E-state index contributed by atoms with van der Waals surface area (Å²) in [4.78, 5) is 32.0. The number of piperidine rings is 1. The van der Waals surface area contributed by atoms with Crippen LogP contribution in [0.15, 0.2) is 54.6 Å². The topological polar surface area (TPSA) is 43.9 Å². The lowest BCUT2D eigenvalue weighted by molar-refractivity contribution is -0.133. The van der Waals surface area contributed by atoms with E-state index in [4.69, 9.17) is 0 Å². The quantitative estimate of drug-likeness (QED) is 0.779. The van der Waals surface area contributed by atoms with Gasteiger partial charge in [-0.15, -0.1) is 0 Å². The molecule has 2 saturated heterocycles. The molecule has 0 bridgehead atoms. The van der Waals surface area contributed by atoms with Gasteiger partial charge in [0.1, 0.15) is 0 Å². The molecular weight excluding hydrogens is 374 g/mol. The van der Waals surface area contributed by atoms with E-state index in [2.05, 4.69) is 11.0 Å². The van der Waals surface area contributed by atoms with E-state index in [0.717, 1.165) is 36.3 Å². The van der Waals surface area contributed by atoms with E-state index < -0.39 is 0 Å². The van der Waals surface area contributed by atoms with E-state index in [1.807, 2.05) is 58.3 Å². The van der Waals surface area contributed by atoms with Gasteiger partial charge in [0.2, 0.25) is 5.91 Å². The van der Waals surface area contributed by atoms with Crippen molar-refractivity contribution in [1.29, 1.82) is 0 Å². The highest BCUT2D eigenvalue weighted by Gasteiger charge is 2.33. The molecule has 0 aromatic heterocycles. The first-order chi connectivity index (χ1) is 14.6. The Morgan fingerprint density at radius 2 is 1.57 bits per heavy atom. The predicted molar refractivity (Wildman–Crippen MR) is 118 cm³/mol. The summed E-state index contributed by atoms with van der Waals surface area (Å²) in [6.45, 7) is 6.32. The van der Waals surface area contributed by atoms with Crippen LogP contribution in [0.1, 0.15) is 53.7 Å². The van der Waals surface area contributed by atoms with Crippen molar-refractivity contribution in [2.45, 2.75) is 38.8 Å². The van der Waals surface area contributed by atoms with Crippen LogP contribution in [0.25, 0.3) is 0 Å². The molecule has 5 heteroatoms. The van der Waals surface area contributed by atoms with Crippen LogP contribution in [-0.4, -0.2) is 59.2 Å². The number of hydrogen-bond acceptors (Lipinski definition) is 3. The zero-order chi connectivity index (χ0) is 20.9. The van der Waals surface area contributed by atoms with Crippen molar-refractivity contribution in [3.8, 4) is 0 Å². The number of hydrogen-bond donors (Lipinski definition) is 0. The summed E-state index contributed by atoms with van der Waals surface area (Å²) >= 11 is 0. The van der Waals surface area contributed by atoms with Crippen molar-refractivity contribution < 1.29 is 9.59 Å². The molecule has 2 aromatic rings. The van der Waals surface area contributed by atoms with Gasteiger partial charge in [-0.25, -0.2) is 0 Å². The van der Waals surface area contributed by atoms with Crippen LogP contribution in [0.3, 0.4) is 0 Å². The molecule has 2 fully saturated rings. The normalized spacial score (nSPS) is 20.2. The maximum absolute atomic E-state index is 13.5. The van der Waals surface area contributed by atoms with E-state index in [9.17, 15) is 9.59 Å². The Balaban J connectivity index is 1.54. The Hall–Kier alpha value is -2.66. The SMILES string of the molecule is CC(=O)N1CCN(C(=O)c2ccccc2CN2CCCCC2)C[C@@H]1c1ccccc1. The van der Waals surface area contributed by atoms with E-state index in [0.29, 0.717) is 19.6 Å². The number of amides is 2. The molecule has 5 nitrogen and oxygen atoms in total. The fraction of sp³-hybridized carbons (Fsp3) is 0.440. The lowest BCUT2D eigenvalue weighted by Crippen LogP contribution is -2.52. The number of carbonyl (C=O) groups excluding carboxylic acids is 2.